The third kappa shape index (κ3) is 3.96. The van der Waals surface area contributed by atoms with Gasteiger partial charge in [0.25, 0.3) is 5.91 Å². The molecule has 7 nitrogen and oxygen atoms in total. The summed E-state index contributed by atoms with van der Waals surface area (Å²) in [5, 5.41) is 11.7. The highest BCUT2D eigenvalue weighted by Gasteiger charge is 2.32. The Hall–Kier alpha value is -2.75. The van der Waals surface area contributed by atoms with E-state index in [2.05, 4.69) is 11.4 Å². The van der Waals surface area contributed by atoms with E-state index in [9.17, 15) is 9.59 Å². The first-order valence-corrected chi connectivity index (χ1v) is 7.63. The average molecular weight is 332 g/mol. The topological polar surface area (TPSA) is 97.7 Å². The standard InChI is InChI=1S/C17H20N2O5/c1-11(2)17(3,10-18)19-15(20)9-23-16(21)14-8-22-12-6-4-5-7-13(12)24-14/h4-7,11,14H,8-9H2,1-3H3,(H,19,20)/t14-,17+/m1/s1. The van der Waals surface area contributed by atoms with E-state index in [1.165, 1.54) is 0 Å². The van der Waals surface area contributed by atoms with Gasteiger partial charge in [-0.15, -0.1) is 0 Å². The summed E-state index contributed by atoms with van der Waals surface area (Å²) in [6, 6.07) is 9.03. The predicted octanol–water partition coefficient (Wildman–Crippen LogP) is 1.42. The molecule has 0 aliphatic carbocycles. The van der Waals surface area contributed by atoms with E-state index < -0.39 is 30.1 Å². The molecule has 1 aliphatic rings. The number of carbonyl (C=O) groups excluding carboxylic acids is 2. The van der Waals surface area contributed by atoms with Crippen molar-refractivity contribution < 1.29 is 23.8 Å². The summed E-state index contributed by atoms with van der Waals surface area (Å²) in [5.41, 5.74) is -1.02. The quantitative estimate of drug-likeness (QED) is 0.819. The number of nitriles is 1. The Morgan fingerprint density at radius 2 is 2.08 bits per heavy atom. The molecule has 1 aromatic carbocycles. The number of rotatable bonds is 5. The van der Waals surface area contributed by atoms with Gasteiger partial charge in [-0.25, -0.2) is 4.79 Å². The summed E-state index contributed by atoms with van der Waals surface area (Å²) in [5.74, 6) is -0.317. The predicted molar refractivity (Wildman–Crippen MR) is 84.3 cm³/mol. The molecule has 2 atom stereocenters. The van der Waals surface area contributed by atoms with E-state index in [0.717, 1.165) is 0 Å². The van der Waals surface area contributed by atoms with Gasteiger partial charge in [-0.05, 0) is 25.0 Å². The molecular formula is C17H20N2O5. The summed E-state index contributed by atoms with van der Waals surface area (Å²) >= 11 is 0. The summed E-state index contributed by atoms with van der Waals surface area (Å²) in [6.45, 7) is 4.79. The molecule has 1 aliphatic heterocycles. The maximum absolute atomic E-state index is 12.0. The van der Waals surface area contributed by atoms with Crippen molar-refractivity contribution in [2.75, 3.05) is 13.2 Å². The van der Waals surface area contributed by atoms with Crippen LogP contribution in [-0.4, -0.2) is 36.7 Å². The highest BCUT2D eigenvalue weighted by Crippen LogP contribution is 2.31. The van der Waals surface area contributed by atoms with Crippen molar-refractivity contribution in [2.45, 2.75) is 32.4 Å². The fraction of sp³-hybridized carbons (Fsp3) is 0.471. The average Bonchev–Trinajstić information content (AvgIpc) is 2.58. The van der Waals surface area contributed by atoms with Crippen molar-refractivity contribution in [1.82, 2.24) is 5.32 Å². The van der Waals surface area contributed by atoms with Gasteiger partial charge < -0.3 is 19.5 Å². The Morgan fingerprint density at radius 1 is 1.42 bits per heavy atom. The number of nitrogens with one attached hydrogen (secondary N) is 1. The minimum atomic E-state index is -1.02. The normalized spacial score (nSPS) is 18.2. The molecule has 1 heterocycles. The number of ether oxygens (including phenoxy) is 3. The zero-order valence-electron chi connectivity index (χ0n) is 13.9. The lowest BCUT2D eigenvalue weighted by Gasteiger charge is -2.27. The van der Waals surface area contributed by atoms with E-state index >= 15 is 0 Å². The Morgan fingerprint density at radius 3 is 2.71 bits per heavy atom. The van der Waals surface area contributed by atoms with Crippen LogP contribution in [0.25, 0.3) is 0 Å². The number of esters is 1. The van der Waals surface area contributed by atoms with Gasteiger partial charge in [-0.1, -0.05) is 26.0 Å². The molecule has 0 unspecified atom stereocenters. The molecule has 0 bridgehead atoms. The minimum absolute atomic E-state index is 0.0133. The third-order valence-electron chi connectivity index (χ3n) is 3.90. The van der Waals surface area contributed by atoms with Crippen LogP contribution in [0, 0.1) is 17.2 Å². The maximum Gasteiger partial charge on any atom is 0.351 e. The molecule has 1 amide bonds. The van der Waals surface area contributed by atoms with E-state index in [0.29, 0.717) is 11.5 Å². The first kappa shape index (κ1) is 17.6. The zero-order valence-corrected chi connectivity index (χ0v) is 13.9. The summed E-state index contributed by atoms with van der Waals surface area (Å²) in [6.07, 6.45) is -0.930. The van der Waals surface area contributed by atoms with Gasteiger partial charge in [0.05, 0.1) is 6.07 Å². The SMILES string of the molecule is CC(C)[C@](C)(C#N)NC(=O)COC(=O)[C@H]1COc2ccccc2O1. The monoisotopic (exact) mass is 332 g/mol. The molecule has 0 saturated heterocycles. The summed E-state index contributed by atoms with van der Waals surface area (Å²) in [4.78, 5) is 23.9. The lowest BCUT2D eigenvalue weighted by Crippen LogP contribution is -2.50. The van der Waals surface area contributed by atoms with Crippen molar-refractivity contribution in [2.24, 2.45) is 5.92 Å². The van der Waals surface area contributed by atoms with Crippen LogP contribution >= 0.6 is 0 Å². The van der Waals surface area contributed by atoms with E-state index in [4.69, 9.17) is 19.5 Å². The molecular weight excluding hydrogens is 312 g/mol. The van der Waals surface area contributed by atoms with E-state index in [1.807, 2.05) is 13.8 Å². The third-order valence-corrected chi connectivity index (χ3v) is 3.90. The first-order valence-electron chi connectivity index (χ1n) is 7.63. The number of hydrogen-bond acceptors (Lipinski definition) is 6. The van der Waals surface area contributed by atoms with Crippen molar-refractivity contribution in [3.8, 4) is 17.6 Å². The van der Waals surface area contributed by atoms with Crippen LogP contribution < -0.4 is 14.8 Å². The number of amides is 1. The lowest BCUT2D eigenvalue weighted by molar-refractivity contribution is -0.158. The number of hydrogen-bond donors (Lipinski definition) is 1. The van der Waals surface area contributed by atoms with Gasteiger partial charge in [-0.3, -0.25) is 4.79 Å². The largest absolute Gasteiger partial charge is 0.485 e. The molecule has 0 fully saturated rings. The molecule has 0 spiro atoms. The molecule has 128 valence electrons. The Labute approximate surface area is 140 Å². The van der Waals surface area contributed by atoms with Crippen LogP contribution in [-0.2, 0) is 14.3 Å². The maximum atomic E-state index is 12.0. The second kappa shape index (κ2) is 7.21. The van der Waals surface area contributed by atoms with Crippen LogP contribution in [0.4, 0.5) is 0 Å². The molecule has 0 aromatic heterocycles. The van der Waals surface area contributed by atoms with Gasteiger partial charge in [0.15, 0.2) is 18.1 Å². The van der Waals surface area contributed by atoms with Crippen LogP contribution in [0.2, 0.25) is 0 Å². The van der Waals surface area contributed by atoms with Crippen LogP contribution in [0.5, 0.6) is 11.5 Å². The lowest BCUT2D eigenvalue weighted by atomic mass is 9.90. The van der Waals surface area contributed by atoms with Crippen LogP contribution in [0.3, 0.4) is 0 Å². The number of fused-ring (bicyclic) bond motifs is 1. The molecule has 7 heteroatoms. The number of carbonyl (C=O) groups is 2. The summed E-state index contributed by atoms with van der Waals surface area (Å²) in [7, 11) is 0. The Balaban J connectivity index is 1.86. The van der Waals surface area contributed by atoms with E-state index in [-0.39, 0.29) is 12.5 Å². The van der Waals surface area contributed by atoms with Crippen LogP contribution in [0.1, 0.15) is 20.8 Å². The van der Waals surface area contributed by atoms with Crippen molar-refractivity contribution >= 4 is 11.9 Å². The summed E-state index contributed by atoms with van der Waals surface area (Å²) < 4.78 is 15.9. The van der Waals surface area contributed by atoms with Crippen LogP contribution in [0.15, 0.2) is 24.3 Å². The molecule has 0 radical (unpaired) electrons. The fourth-order valence-corrected chi connectivity index (χ4v) is 1.99. The number of benzene rings is 1. The second-order valence-electron chi connectivity index (χ2n) is 5.99. The molecule has 1 aromatic rings. The van der Waals surface area contributed by atoms with E-state index in [1.54, 1.807) is 31.2 Å². The molecule has 0 saturated carbocycles. The highest BCUT2D eigenvalue weighted by molar-refractivity contribution is 5.83. The second-order valence-corrected chi connectivity index (χ2v) is 5.99. The van der Waals surface area contributed by atoms with Crippen molar-refractivity contribution in [3.05, 3.63) is 24.3 Å². The number of nitrogens with zero attached hydrogens (tertiary/aromatic N) is 1. The van der Waals surface area contributed by atoms with Gasteiger partial charge in [-0.2, -0.15) is 5.26 Å². The highest BCUT2D eigenvalue weighted by atomic mass is 16.6. The van der Waals surface area contributed by atoms with Crippen molar-refractivity contribution in [3.63, 3.8) is 0 Å². The fourth-order valence-electron chi connectivity index (χ4n) is 1.99. The Bertz CT molecular complexity index is 667. The Kier molecular flexibility index (Phi) is 5.29. The molecule has 2 rings (SSSR count). The number of para-hydroxylation sites is 2. The smallest absolute Gasteiger partial charge is 0.351 e. The van der Waals surface area contributed by atoms with Crippen molar-refractivity contribution in [1.29, 1.82) is 5.26 Å². The molecule has 24 heavy (non-hydrogen) atoms. The first-order chi connectivity index (χ1) is 11.4. The molecule has 1 N–H and O–H groups in total. The zero-order chi connectivity index (χ0) is 17.7. The van der Waals surface area contributed by atoms with Gasteiger partial charge in [0.2, 0.25) is 6.10 Å². The van der Waals surface area contributed by atoms with Gasteiger partial charge in [0, 0.05) is 0 Å². The minimum Gasteiger partial charge on any atom is -0.485 e. The van der Waals surface area contributed by atoms with Gasteiger partial charge in [0.1, 0.15) is 12.1 Å². The van der Waals surface area contributed by atoms with Gasteiger partial charge >= 0.3 is 5.97 Å².